The first-order valence-electron chi connectivity index (χ1n) is 11.7. The van der Waals surface area contributed by atoms with Gasteiger partial charge in [-0.1, -0.05) is 37.5 Å². The highest BCUT2D eigenvalue weighted by Crippen LogP contribution is 2.25. The molecule has 2 aromatic rings. The third-order valence-electron chi connectivity index (χ3n) is 5.02. The molecule has 9 heteroatoms. The second kappa shape index (κ2) is 12.0. The molecule has 1 aromatic carbocycles. The lowest BCUT2D eigenvalue weighted by atomic mass is 10.1. The summed E-state index contributed by atoms with van der Waals surface area (Å²) in [7, 11) is -3.77. The van der Waals surface area contributed by atoms with E-state index in [4.69, 9.17) is 4.74 Å². The van der Waals surface area contributed by atoms with Crippen LogP contribution in [-0.2, 0) is 14.8 Å². The lowest BCUT2D eigenvalue weighted by Gasteiger charge is -2.39. The molecule has 35 heavy (non-hydrogen) atoms. The number of nitrogens with one attached hydrogen (secondary N) is 1. The van der Waals surface area contributed by atoms with Crippen LogP contribution in [0.15, 0.2) is 47.5 Å². The van der Waals surface area contributed by atoms with Gasteiger partial charge in [-0.2, -0.15) is 4.31 Å². The number of carbonyl (C=O) groups is 1. The zero-order valence-corrected chi connectivity index (χ0v) is 22.4. The van der Waals surface area contributed by atoms with Crippen molar-refractivity contribution < 1.29 is 20.8 Å². The number of amides is 1. The van der Waals surface area contributed by atoms with Crippen LogP contribution >= 0.6 is 0 Å². The Morgan fingerprint density at radius 3 is 2.34 bits per heavy atom. The molecule has 3 rings (SSSR count). The van der Waals surface area contributed by atoms with Gasteiger partial charge in [0.15, 0.2) is 0 Å². The van der Waals surface area contributed by atoms with Gasteiger partial charge in [0.2, 0.25) is 10.0 Å². The van der Waals surface area contributed by atoms with Crippen LogP contribution in [0.1, 0.15) is 50.0 Å². The minimum absolute atomic E-state index is 0. The molecular formula is C26H40N4O4S. The molecule has 194 valence electrons. The fourth-order valence-electron chi connectivity index (χ4n) is 3.48. The lowest BCUT2D eigenvalue weighted by Crippen LogP contribution is -2.54. The van der Waals surface area contributed by atoms with Crippen molar-refractivity contribution in [2.75, 3.05) is 29.9 Å². The quantitative estimate of drug-likeness (QED) is 0.579. The van der Waals surface area contributed by atoms with Crippen molar-refractivity contribution >= 4 is 27.6 Å². The third-order valence-corrected chi connectivity index (χ3v) is 6.87. The van der Waals surface area contributed by atoms with E-state index in [1.54, 1.807) is 27.7 Å². The molecule has 1 amide bonds. The van der Waals surface area contributed by atoms with Crippen LogP contribution in [-0.4, -0.2) is 55.1 Å². The van der Waals surface area contributed by atoms with Gasteiger partial charge in [0.05, 0.1) is 0 Å². The normalized spacial score (nSPS) is 16.3. The summed E-state index contributed by atoms with van der Waals surface area (Å²) < 4.78 is 33.1. The van der Waals surface area contributed by atoms with Crippen molar-refractivity contribution in [3.63, 3.8) is 0 Å². The molecule has 2 heterocycles. The van der Waals surface area contributed by atoms with E-state index < -0.39 is 21.7 Å². The molecule has 0 spiro atoms. The van der Waals surface area contributed by atoms with Crippen molar-refractivity contribution in [2.24, 2.45) is 0 Å². The van der Waals surface area contributed by atoms with Gasteiger partial charge in [0.25, 0.3) is 0 Å². The van der Waals surface area contributed by atoms with Crippen LogP contribution in [0.25, 0.3) is 0 Å². The molecule has 0 aliphatic carbocycles. The summed E-state index contributed by atoms with van der Waals surface area (Å²) in [6.07, 6.45) is 0.591. The van der Waals surface area contributed by atoms with Crippen LogP contribution in [0.4, 0.5) is 16.3 Å². The Kier molecular flexibility index (Phi) is 9.69. The molecule has 1 atom stereocenters. The van der Waals surface area contributed by atoms with E-state index in [2.05, 4.69) is 27.0 Å². The molecule has 0 unspecified atom stereocenters. The van der Waals surface area contributed by atoms with Gasteiger partial charge in [-0.15, -0.1) is 5.92 Å². The maximum atomic E-state index is 13.3. The monoisotopic (exact) mass is 504 g/mol. The maximum absolute atomic E-state index is 13.3. The number of nitrogens with zero attached hydrogens (tertiary/aromatic N) is 3. The van der Waals surface area contributed by atoms with Crippen LogP contribution in [0, 0.1) is 18.8 Å². The Hall–Kier alpha value is -3.09. The van der Waals surface area contributed by atoms with Crippen LogP contribution in [0.3, 0.4) is 0 Å². The number of pyridine rings is 1. The first-order valence-corrected chi connectivity index (χ1v) is 13.2. The topological polar surface area (TPSA) is 91.8 Å². The minimum Gasteiger partial charge on any atom is -0.444 e. The molecular weight excluding hydrogens is 464 g/mol. The predicted octanol–water partition coefficient (Wildman–Crippen LogP) is 5.16. The maximum Gasteiger partial charge on any atom is 0.413 e. The summed E-state index contributed by atoms with van der Waals surface area (Å²) in [5, 5.41) is 2.50. The van der Waals surface area contributed by atoms with E-state index in [1.165, 1.54) is 22.6 Å². The van der Waals surface area contributed by atoms with Crippen LogP contribution < -0.4 is 10.2 Å². The Morgan fingerprint density at radius 1 is 1.14 bits per heavy atom. The number of aryl methyl sites for hydroxylation is 1. The second-order valence-electron chi connectivity index (χ2n) is 8.81. The van der Waals surface area contributed by atoms with E-state index in [0.717, 1.165) is 11.3 Å². The fourth-order valence-corrected chi connectivity index (χ4v) is 4.86. The minimum atomic E-state index is -3.77. The largest absolute Gasteiger partial charge is 0.444 e. The highest BCUT2D eigenvalue weighted by atomic mass is 32.2. The number of hydrogen-bond acceptors (Lipinski definition) is 6. The molecule has 1 saturated heterocycles. The number of ether oxygens (including phenoxy) is 1. The van der Waals surface area contributed by atoms with Gasteiger partial charge < -0.3 is 9.64 Å². The Morgan fingerprint density at radius 2 is 1.80 bits per heavy atom. The SMILES string of the molecule is CC.CC#C[C@H]1CN(S(=O)(=O)c2ccc(NC(=O)OC(C)(C)C)nc2)CCN1c1ccc(C)cc1.[HH].[HH]. The van der Waals surface area contributed by atoms with Crippen molar-refractivity contribution in [3.05, 3.63) is 48.2 Å². The Labute approximate surface area is 212 Å². The summed E-state index contributed by atoms with van der Waals surface area (Å²) in [5.41, 5.74) is 1.53. The summed E-state index contributed by atoms with van der Waals surface area (Å²) in [5.74, 6) is 6.28. The molecule has 0 saturated carbocycles. The number of benzene rings is 1. The number of carbonyl (C=O) groups excluding carboxylic acids is 1. The summed E-state index contributed by atoms with van der Waals surface area (Å²) in [6, 6.07) is 10.8. The first-order chi connectivity index (χ1) is 16.5. The molecule has 1 aliphatic heterocycles. The summed E-state index contributed by atoms with van der Waals surface area (Å²) >= 11 is 0. The van der Waals surface area contributed by atoms with Crippen LogP contribution in [0.5, 0.6) is 0 Å². The van der Waals surface area contributed by atoms with Crippen molar-refractivity contribution in [1.82, 2.24) is 9.29 Å². The first kappa shape index (κ1) is 28.1. The van der Waals surface area contributed by atoms with E-state index in [-0.39, 0.29) is 26.2 Å². The average Bonchev–Trinajstić information content (AvgIpc) is 2.80. The van der Waals surface area contributed by atoms with Gasteiger partial charge in [-0.3, -0.25) is 5.32 Å². The van der Waals surface area contributed by atoms with Crippen LogP contribution in [0.2, 0.25) is 0 Å². The zero-order chi connectivity index (χ0) is 26.2. The number of anilines is 2. The van der Waals surface area contributed by atoms with Gasteiger partial charge in [0, 0.05) is 34.4 Å². The van der Waals surface area contributed by atoms with Crippen molar-refractivity contribution in [1.29, 1.82) is 0 Å². The molecule has 0 radical (unpaired) electrons. The summed E-state index contributed by atoms with van der Waals surface area (Å²) in [6.45, 7) is 14.1. The molecule has 1 aliphatic rings. The van der Waals surface area contributed by atoms with Gasteiger partial charge in [0.1, 0.15) is 22.4 Å². The van der Waals surface area contributed by atoms with Gasteiger partial charge in [-0.05, 0) is 58.9 Å². The average molecular weight is 505 g/mol. The van der Waals surface area contributed by atoms with E-state index in [9.17, 15) is 13.2 Å². The Balaban J connectivity index is 0.00000316. The number of sulfonamides is 1. The second-order valence-corrected chi connectivity index (χ2v) is 10.7. The molecule has 1 fully saturated rings. The number of piperazine rings is 1. The lowest BCUT2D eigenvalue weighted by molar-refractivity contribution is 0.0635. The van der Waals surface area contributed by atoms with Gasteiger partial charge in [-0.25, -0.2) is 18.2 Å². The van der Waals surface area contributed by atoms with Crippen molar-refractivity contribution in [3.8, 4) is 11.8 Å². The number of aromatic nitrogens is 1. The molecule has 1 aromatic heterocycles. The third kappa shape index (κ3) is 7.70. The van der Waals surface area contributed by atoms with E-state index in [1.807, 2.05) is 45.0 Å². The predicted molar refractivity (Wildman–Crippen MR) is 144 cm³/mol. The summed E-state index contributed by atoms with van der Waals surface area (Å²) in [4.78, 5) is 18.2. The van der Waals surface area contributed by atoms with E-state index >= 15 is 0 Å². The smallest absolute Gasteiger partial charge is 0.413 e. The molecule has 1 N–H and O–H groups in total. The standard InChI is InChI=1S/C24H30N4O4S.C2H6.2H2/c1-6-7-20-17-27(14-15-28(20)19-10-8-18(2)9-11-19)33(30,31)21-12-13-22(25-16-21)26-23(29)32-24(3,4)5;1-2;;/h8-13,16,20H,14-15,17H2,1-5H3,(H,25,26,29);1-2H3;2*1H/t20-;;;/m0.../s1. The van der Waals surface area contributed by atoms with Crippen molar-refractivity contribution in [2.45, 2.75) is 65.0 Å². The number of rotatable bonds is 4. The zero-order valence-electron chi connectivity index (χ0n) is 21.6. The Bertz CT molecular complexity index is 1160. The van der Waals surface area contributed by atoms with E-state index in [0.29, 0.717) is 13.1 Å². The van der Waals surface area contributed by atoms with Gasteiger partial charge >= 0.3 is 6.09 Å². The fraction of sp³-hybridized carbons (Fsp3) is 0.462. The number of hydrogen-bond donors (Lipinski definition) is 1. The highest BCUT2D eigenvalue weighted by Gasteiger charge is 2.34. The molecule has 0 bridgehead atoms. The highest BCUT2D eigenvalue weighted by molar-refractivity contribution is 7.89. The molecule has 8 nitrogen and oxygen atoms in total.